The van der Waals surface area contributed by atoms with Crippen molar-refractivity contribution in [2.75, 3.05) is 0 Å². The number of nitrogens with zero attached hydrogens (tertiary/aromatic N) is 1. The molecule has 0 spiro atoms. The Labute approximate surface area is 128 Å². The lowest BCUT2D eigenvalue weighted by molar-refractivity contribution is -0.156. The zero-order valence-corrected chi connectivity index (χ0v) is 13.9. The number of carbonyl (C=O) groups is 1. The molecule has 0 aromatic carbocycles. The van der Waals surface area contributed by atoms with Gasteiger partial charge in [0.15, 0.2) is 0 Å². The van der Waals surface area contributed by atoms with Crippen molar-refractivity contribution in [3.63, 3.8) is 0 Å². The van der Waals surface area contributed by atoms with Gasteiger partial charge in [0.1, 0.15) is 5.54 Å². The van der Waals surface area contributed by atoms with E-state index in [-0.39, 0.29) is 11.3 Å². The van der Waals surface area contributed by atoms with Crippen LogP contribution in [0.5, 0.6) is 0 Å². The Kier molecular flexibility index (Phi) is 3.01. The number of hydrogen-bond donors (Lipinski definition) is 1. The molecule has 0 aromatic rings. The Hall–Kier alpha value is -1.04. The van der Waals surface area contributed by atoms with Gasteiger partial charge >= 0.3 is 0 Å². The van der Waals surface area contributed by atoms with Crippen molar-refractivity contribution in [1.82, 2.24) is 5.32 Å². The van der Waals surface area contributed by atoms with Crippen molar-refractivity contribution in [3.05, 3.63) is 0 Å². The first-order valence-electron chi connectivity index (χ1n) is 8.29. The topological polar surface area (TPSA) is 52.9 Å². The van der Waals surface area contributed by atoms with Crippen LogP contribution in [0.1, 0.15) is 72.6 Å². The van der Waals surface area contributed by atoms with Crippen LogP contribution >= 0.6 is 0 Å². The molecule has 0 aromatic heterocycles. The minimum Gasteiger partial charge on any atom is -0.338 e. The summed E-state index contributed by atoms with van der Waals surface area (Å²) in [6.07, 6.45) is 8.28. The Bertz CT molecular complexity index is 498. The average Bonchev–Trinajstić information content (AvgIpc) is 2.21. The maximum atomic E-state index is 12.4. The van der Waals surface area contributed by atoms with Crippen LogP contribution in [0.4, 0.5) is 0 Å². The molecular formula is C18H28N2O. The second-order valence-corrected chi connectivity index (χ2v) is 9.59. The molecule has 21 heavy (non-hydrogen) atoms. The second kappa shape index (κ2) is 4.24. The van der Waals surface area contributed by atoms with Gasteiger partial charge in [-0.15, -0.1) is 0 Å². The highest BCUT2D eigenvalue weighted by molar-refractivity contribution is 5.78. The summed E-state index contributed by atoms with van der Waals surface area (Å²) in [5.41, 5.74) is 0.324. The maximum absolute atomic E-state index is 12.4. The van der Waals surface area contributed by atoms with Gasteiger partial charge in [0.25, 0.3) is 0 Å². The summed E-state index contributed by atoms with van der Waals surface area (Å²) >= 11 is 0. The third-order valence-electron chi connectivity index (χ3n) is 6.01. The number of carbonyl (C=O) groups excluding carboxylic acids is 1. The van der Waals surface area contributed by atoms with E-state index in [4.69, 9.17) is 5.26 Å². The molecule has 4 aliphatic rings. The average molecular weight is 288 g/mol. The summed E-state index contributed by atoms with van der Waals surface area (Å²) in [4.78, 5) is 12.4. The molecule has 4 saturated carbocycles. The molecule has 4 aliphatic carbocycles. The molecule has 2 unspecified atom stereocenters. The fourth-order valence-corrected chi connectivity index (χ4v) is 6.64. The fraction of sp³-hybridized carbons (Fsp3) is 0.889. The molecule has 0 aliphatic heterocycles. The van der Waals surface area contributed by atoms with Crippen molar-refractivity contribution in [2.24, 2.45) is 22.2 Å². The maximum Gasteiger partial charge on any atom is 0.221 e. The van der Waals surface area contributed by atoms with Crippen molar-refractivity contribution in [3.8, 4) is 6.07 Å². The van der Waals surface area contributed by atoms with Gasteiger partial charge in [0, 0.05) is 6.42 Å². The molecular weight excluding hydrogens is 260 g/mol. The number of hydrogen-bond acceptors (Lipinski definition) is 2. The van der Waals surface area contributed by atoms with Crippen LogP contribution in [0.2, 0.25) is 0 Å². The monoisotopic (exact) mass is 288 g/mol. The van der Waals surface area contributed by atoms with Crippen molar-refractivity contribution >= 4 is 5.91 Å². The number of rotatable bonds is 3. The summed E-state index contributed by atoms with van der Waals surface area (Å²) < 4.78 is 0. The third kappa shape index (κ3) is 2.70. The molecule has 0 saturated heterocycles. The normalized spacial score (nSPS) is 44.4. The van der Waals surface area contributed by atoms with Crippen LogP contribution in [-0.2, 0) is 4.79 Å². The summed E-state index contributed by atoms with van der Waals surface area (Å²) in [6, 6.07) is 2.16. The van der Waals surface area contributed by atoms with E-state index in [0.29, 0.717) is 17.3 Å². The SMILES string of the molecule is CC12CC3CC(C)(C1)CC(CC(=O)NC(C)(C)C#N)(C3)C2. The van der Waals surface area contributed by atoms with Crippen LogP contribution in [0.15, 0.2) is 0 Å². The minimum absolute atomic E-state index is 0.0655. The fourth-order valence-electron chi connectivity index (χ4n) is 6.64. The molecule has 2 atom stereocenters. The Morgan fingerprint density at radius 2 is 1.76 bits per heavy atom. The minimum atomic E-state index is -0.757. The van der Waals surface area contributed by atoms with Gasteiger partial charge in [-0.1, -0.05) is 13.8 Å². The van der Waals surface area contributed by atoms with Gasteiger partial charge in [-0.25, -0.2) is 0 Å². The predicted octanol–water partition coefficient (Wildman–Crippen LogP) is 3.79. The van der Waals surface area contributed by atoms with E-state index in [2.05, 4.69) is 25.2 Å². The van der Waals surface area contributed by atoms with Crippen LogP contribution < -0.4 is 5.32 Å². The van der Waals surface area contributed by atoms with Crippen molar-refractivity contribution in [2.45, 2.75) is 78.2 Å². The van der Waals surface area contributed by atoms with Crippen LogP contribution in [-0.4, -0.2) is 11.4 Å². The van der Waals surface area contributed by atoms with Gasteiger partial charge in [-0.05, 0) is 74.5 Å². The van der Waals surface area contributed by atoms with Gasteiger partial charge < -0.3 is 5.32 Å². The molecule has 3 nitrogen and oxygen atoms in total. The Morgan fingerprint density at radius 1 is 1.19 bits per heavy atom. The third-order valence-corrected chi connectivity index (χ3v) is 6.01. The molecule has 3 heteroatoms. The second-order valence-electron chi connectivity index (χ2n) is 9.59. The van der Waals surface area contributed by atoms with Crippen molar-refractivity contribution < 1.29 is 4.79 Å². The van der Waals surface area contributed by atoms with Gasteiger partial charge in [0.05, 0.1) is 6.07 Å². The first kappa shape index (κ1) is 14.9. The lowest BCUT2D eigenvalue weighted by Gasteiger charge is -2.65. The zero-order valence-electron chi connectivity index (χ0n) is 13.9. The highest BCUT2D eigenvalue weighted by Crippen LogP contribution is 2.70. The van der Waals surface area contributed by atoms with E-state index in [0.717, 1.165) is 5.92 Å². The highest BCUT2D eigenvalue weighted by atomic mass is 16.1. The van der Waals surface area contributed by atoms with Gasteiger partial charge in [-0.2, -0.15) is 5.26 Å². The summed E-state index contributed by atoms with van der Waals surface area (Å²) in [5, 5.41) is 12.0. The highest BCUT2D eigenvalue weighted by Gasteiger charge is 2.60. The van der Waals surface area contributed by atoms with E-state index in [9.17, 15) is 4.79 Å². The van der Waals surface area contributed by atoms with Gasteiger partial charge in [-0.3, -0.25) is 4.79 Å². The number of nitriles is 1. The molecule has 4 fully saturated rings. The van der Waals surface area contributed by atoms with Crippen molar-refractivity contribution in [1.29, 1.82) is 5.26 Å². The molecule has 0 heterocycles. The lowest BCUT2D eigenvalue weighted by Crippen LogP contribution is -2.56. The van der Waals surface area contributed by atoms with E-state index in [1.165, 1.54) is 38.5 Å². The van der Waals surface area contributed by atoms with E-state index in [1.807, 2.05) is 0 Å². The molecule has 1 N–H and O–H groups in total. The molecule has 116 valence electrons. The van der Waals surface area contributed by atoms with E-state index in [1.54, 1.807) is 13.8 Å². The van der Waals surface area contributed by atoms with Crippen LogP contribution in [0.3, 0.4) is 0 Å². The molecule has 1 amide bonds. The summed E-state index contributed by atoms with van der Waals surface area (Å²) in [5.74, 6) is 0.878. The van der Waals surface area contributed by atoms with Crippen LogP contribution in [0.25, 0.3) is 0 Å². The zero-order chi connectivity index (χ0) is 15.5. The smallest absolute Gasteiger partial charge is 0.221 e. The quantitative estimate of drug-likeness (QED) is 0.859. The summed E-state index contributed by atoms with van der Waals surface area (Å²) in [7, 11) is 0. The summed E-state index contributed by atoms with van der Waals surface area (Å²) in [6.45, 7) is 8.41. The molecule has 0 radical (unpaired) electrons. The Balaban J connectivity index is 1.77. The van der Waals surface area contributed by atoms with Crippen LogP contribution in [0, 0.1) is 33.5 Å². The largest absolute Gasteiger partial charge is 0.338 e. The Morgan fingerprint density at radius 3 is 2.24 bits per heavy atom. The number of nitrogens with one attached hydrogen (secondary N) is 1. The van der Waals surface area contributed by atoms with Gasteiger partial charge in [0.2, 0.25) is 5.91 Å². The van der Waals surface area contributed by atoms with E-state index >= 15 is 0 Å². The lowest BCUT2D eigenvalue weighted by atomic mass is 9.40. The first-order valence-corrected chi connectivity index (χ1v) is 8.29. The molecule has 4 rings (SSSR count). The standard InChI is InChI=1S/C18H28N2O/c1-15(2,12-19)20-14(21)8-18-7-13-5-16(3,10-18)9-17(4,6-13)11-18/h13H,5-11H2,1-4H3,(H,20,21). The molecule has 4 bridgehead atoms. The number of amides is 1. The first-order chi connectivity index (χ1) is 9.57. The van der Waals surface area contributed by atoms with E-state index < -0.39 is 5.54 Å². The predicted molar refractivity (Wildman–Crippen MR) is 82.3 cm³/mol.